The van der Waals surface area contributed by atoms with Crippen LogP contribution in [0.1, 0.15) is 52.7 Å². The summed E-state index contributed by atoms with van der Waals surface area (Å²) in [6.07, 6.45) is 3.31. The number of rotatable bonds is 8. The minimum atomic E-state index is -0.682. The van der Waals surface area contributed by atoms with Crippen LogP contribution in [-0.2, 0) is 5.41 Å². The third-order valence-corrected chi connectivity index (χ3v) is 4.16. The minimum Gasteiger partial charge on any atom is -0.298 e. The van der Waals surface area contributed by atoms with Gasteiger partial charge in [-0.1, -0.05) is 6.07 Å². The summed E-state index contributed by atoms with van der Waals surface area (Å²) in [6, 6.07) is 11.1. The molecule has 1 unspecified atom stereocenters. The maximum absolute atomic E-state index is 9.83. The van der Waals surface area contributed by atoms with Crippen LogP contribution in [0.25, 0.3) is 0 Å². The van der Waals surface area contributed by atoms with Crippen LogP contribution in [-0.4, -0.2) is 28.5 Å². The van der Waals surface area contributed by atoms with E-state index in [4.69, 9.17) is 5.26 Å². The van der Waals surface area contributed by atoms with E-state index in [1.54, 1.807) is 6.20 Å². The van der Waals surface area contributed by atoms with Crippen LogP contribution >= 0.6 is 0 Å². The van der Waals surface area contributed by atoms with Crippen LogP contribution in [0.4, 0.5) is 0 Å². The zero-order valence-electron chi connectivity index (χ0n) is 14.1. The molecule has 4 nitrogen and oxygen atoms in total. The van der Waals surface area contributed by atoms with Crippen molar-refractivity contribution >= 4 is 0 Å². The van der Waals surface area contributed by atoms with Gasteiger partial charge in [0, 0.05) is 31.2 Å². The van der Waals surface area contributed by atoms with Crippen LogP contribution in [0.5, 0.6) is 0 Å². The van der Waals surface area contributed by atoms with Crippen molar-refractivity contribution in [2.24, 2.45) is 0 Å². The molecule has 0 aliphatic rings. The zero-order valence-corrected chi connectivity index (χ0v) is 14.1. The fraction of sp³-hybridized carbons (Fsp3) is 0.611. The quantitative estimate of drug-likeness (QED) is 0.734. The molecule has 0 saturated heterocycles. The lowest BCUT2D eigenvalue weighted by molar-refractivity contribution is 0.161. The van der Waals surface area contributed by atoms with Crippen molar-refractivity contribution in [3.63, 3.8) is 0 Å². The Kier molecular flexibility index (Phi) is 7.02. The molecule has 1 aromatic heterocycles. The molecule has 1 heterocycles. The summed E-state index contributed by atoms with van der Waals surface area (Å²) in [4.78, 5) is 6.77. The Morgan fingerprint density at radius 3 is 2.27 bits per heavy atom. The number of nitrogens with zero attached hydrogens (tertiary/aromatic N) is 4. The van der Waals surface area contributed by atoms with Gasteiger partial charge < -0.3 is 0 Å². The predicted octanol–water partition coefficient (Wildman–Crippen LogP) is 3.66. The normalized spacial score (nSPS) is 13.9. The van der Waals surface area contributed by atoms with Gasteiger partial charge in [-0.2, -0.15) is 10.5 Å². The average molecular weight is 298 g/mol. The Balaban J connectivity index is 3.01. The van der Waals surface area contributed by atoms with Crippen molar-refractivity contribution in [3.8, 4) is 12.1 Å². The van der Waals surface area contributed by atoms with Crippen LogP contribution in [0.2, 0.25) is 0 Å². The van der Waals surface area contributed by atoms with Gasteiger partial charge in [-0.3, -0.25) is 9.88 Å². The van der Waals surface area contributed by atoms with E-state index in [-0.39, 0.29) is 0 Å². The van der Waals surface area contributed by atoms with Gasteiger partial charge in [0.2, 0.25) is 0 Å². The highest BCUT2D eigenvalue weighted by Gasteiger charge is 2.34. The van der Waals surface area contributed by atoms with Crippen molar-refractivity contribution in [2.45, 2.75) is 64.5 Å². The van der Waals surface area contributed by atoms with Gasteiger partial charge >= 0.3 is 0 Å². The minimum absolute atomic E-state index is 0.369. The number of aromatic nitrogens is 1. The van der Waals surface area contributed by atoms with E-state index in [2.05, 4.69) is 49.7 Å². The first kappa shape index (κ1) is 18.1. The third kappa shape index (κ3) is 4.55. The monoisotopic (exact) mass is 298 g/mol. The van der Waals surface area contributed by atoms with Crippen LogP contribution < -0.4 is 0 Å². The topological polar surface area (TPSA) is 63.7 Å². The number of nitriles is 2. The standard InChI is InChI=1S/C18H26N4/c1-15(2)22(16(3)4)13-10-18(14-20,9-7-11-19)17-8-5-6-12-21-17/h5-6,8,12,15-16H,7,9-10,13H2,1-4H3. The van der Waals surface area contributed by atoms with Gasteiger partial charge in [0.25, 0.3) is 0 Å². The molecule has 0 amide bonds. The molecule has 0 bridgehead atoms. The van der Waals surface area contributed by atoms with E-state index in [9.17, 15) is 5.26 Å². The molecular weight excluding hydrogens is 272 g/mol. The summed E-state index contributed by atoms with van der Waals surface area (Å²) in [5, 5.41) is 18.8. The molecular formula is C18H26N4. The number of pyridine rings is 1. The van der Waals surface area contributed by atoms with Crippen LogP contribution in [0, 0.1) is 22.7 Å². The summed E-state index contributed by atoms with van der Waals surface area (Å²) < 4.78 is 0. The maximum Gasteiger partial charge on any atom is 0.101 e. The molecule has 1 rings (SSSR count). The molecule has 0 aliphatic heterocycles. The lowest BCUT2D eigenvalue weighted by Crippen LogP contribution is -2.41. The Labute approximate surface area is 134 Å². The summed E-state index contributed by atoms with van der Waals surface area (Å²) in [6.45, 7) is 9.51. The second-order valence-corrected chi connectivity index (χ2v) is 6.24. The summed E-state index contributed by atoms with van der Waals surface area (Å²) in [5.74, 6) is 0. The van der Waals surface area contributed by atoms with Crippen molar-refractivity contribution < 1.29 is 0 Å². The summed E-state index contributed by atoms with van der Waals surface area (Å²) in [7, 11) is 0. The van der Waals surface area contributed by atoms with E-state index < -0.39 is 5.41 Å². The maximum atomic E-state index is 9.83. The van der Waals surface area contributed by atoms with Gasteiger partial charge in [-0.05, 0) is 52.7 Å². The first-order chi connectivity index (χ1) is 10.5. The third-order valence-electron chi connectivity index (χ3n) is 4.16. The molecule has 118 valence electrons. The van der Waals surface area contributed by atoms with Gasteiger partial charge in [0.15, 0.2) is 0 Å². The summed E-state index contributed by atoms with van der Waals surface area (Å²) in [5.41, 5.74) is 0.0964. The fourth-order valence-electron chi connectivity index (χ4n) is 2.90. The number of hydrogen-bond donors (Lipinski definition) is 0. The highest BCUT2D eigenvalue weighted by atomic mass is 15.2. The molecule has 4 heteroatoms. The Morgan fingerprint density at radius 1 is 1.14 bits per heavy atom. The lowest BCUT2D eigenvalue weighted by atomic mass is 9.78. The Hall–Kier alpha value is -1.91. The highest BCUT2D eigenvalue weighted by Crippen LogP contribution is 2.32. The zero-order chi connectivity index (χ0) is 16.6. The second-order valence-electron chi connectivity index (χ2n) is 6.24. The molecule has 22 heavy (non-hydrogen) atoms. The molecule has 0 spiro atoms. The van der Waals surface area contributed by atoms with Crippen molar-refractivity contribution in [2.75, 3.05) is 6.54 Å². The van der Waals surface area contributed by atoms with Gasteiger partial charge in [-0.15, -0.1) is 0 Å². The van der Waals surface area contributed by atoms with E-state index in [0.29, 0.717) is 31.3 Å². The Morgan fingerprint density at radius 2 is 1.82 bits per heavy atom. The van der Waals surface area contributed by atoms with E-state index in [0.717, 1.165) is 12.2 Å². The first-order valence-corrected chi connectivity index (χ1v) is 7.92. The fourth-order valence-corrected chi connectivity index (χ4v) is 2.90. The van der Waals surface area contributed by atoms with E-state index in [1.807, 2.05) is 18.2 Å². The van der Waals surface area contributed by atoms with Gasteiger partial charge in [0.1, 0.15) is 5.41 Å². The predicted molar refractivity (Wildman–Crippen MR) is 88.0 cm³/mol. The molecule has 0 N–H and O–H groups in total. The first-order valence-electron chi connectivity index (χ1n) is 7.92. The molecule has 0 radical (unpaired) electrons. The number of hydrogen-bond acceptors (Lipinski definition) is 4. The van der Waals surface area contributed by atoms with Crippen LogP contribution in [0.15, 0.2) is 24.4 Å². The summed E-state index contributed by atoms with van der Waals surface area (Å²) >= 11 is 0. The molecule has 0 saturated carbocycles. The molecule has 0 aromatic carbocycles. The van der Waals surface area contributed by atoms with Gasteiger partial charge in [0.05, 0.1) is 17.8 Å². The van der Waals surface area contributed by atoms with Crippen LogP contribution in [0.3, 0.4) is 0 Å². The molecule has 1 atom stereocenters. The second kappa shape index (κ2) is 8.51. The molecule has 0 aliphatic carbocycles. The average Bonchev–Trinajstić information content (AvgIpc) is 2.51. The highest BCUT2D eigenvalue weighted by molar-refractivity contribution is 5.26. The van der Waals surface area contributed by atoms with Crippen molar-refractivity contribution in [1.82, 2.24) is 9.88 Å². The van der Waals surface area contributed by atoms with E-state index >= 15 is 0 Å². The largest absolute Gasteiger partial charge is 0.298 e. The molecule has 1 aromatic rings. The smallest absolute Gasteiger partial charge is 0.101 e. The molecule has 0 fully saturated rings. The lowest BCUT2D eigenvalue weighted by Gasteiger charge is -2.34. The van der Waals surface area contributed by atoms with Gasteiger partial charge in [-0.25, -0.2) is 0 Å². The van der Waals surface area contributed by atoms with Crippen molar-refractivity contribution in [1.29, 1.82) is 10.5 Å². The SMILES string of the molecule is CC(C)N(CCC(C#N)(CCC#N)c1ccccn1)C(C)C. The van der Waals surface area contributed by atoms with E-state index in [1.165, 1.54) is 0 Å². The van der Waals surface area contributed by atoms with Crippen molar-refractivity contribution in [3.05, 3.63) is 30.1 Å². The Bertz CT molecular complexity index is 516.